The van der Waals surface area contributed by atoms with Crippen LogP contribution in [0.5, 0.6) is 0 Å². The number of morpholine rings is 1. The molecule has 3 saturated heterocycles. The van der Waals surface area contributed by atoms with Gasteiger partial charge >= 0.3 is 0 Å². The molecule has 0 atom stereocenters. The van der Waals surface area contributed by atoms with Crippen LogP contribution >= 0.6 is 0 Å². The lowest BCUT2D eigenvalue weighted by Gasteiger charge is -2.41. The predicted octanol–water partition coefficient (Wildman–Crippen LogP) is 2.86. The molecule has 2 aromatic heterocycles. The molecule has 218 valence electrons. The molecular weight excluding hydrogens is 534 g/mol. The van der Waals surface area contributed by atoms with Gasteiger partial charge in [0.05, 0.1) is 30.3 Å². The zero-order valence-corrected chi connectivity index (χ0v) is 23.0. The third kappa shape index (κ3) is 5.81. The Balaban J connectivity index is 1.18. The first-order valence-electron chi connectivity index (χ1n) is 14.1. The average molecular weight is 569 g/mol. The third-order valence-electron chi connectivity index (χ3n) is 8.12. The van der Waals surface area contributed by atoms with Gasteiger partial charge in [0.1, 0.15) is 11.6 Å². The molecule has 0 unspecified atom stereocenters. The van der Waals surface area contributed by atoms with E-state index in [1.54, 1.807) is 37.3 Å². The maximum Gasteiger partial charge on any atom is 0.296 e. The van der Waals surface area contributed by atoms with Crippen LogP contribution in [0, 0.1) is 5.92 Å². The summed E-state index contributed by atoms with van der Waals surface area (Å²) in [5.74, 6) is 1.35. The molecule has 41 heavy (non-hydrogen) atoms. The number of para-hydroxylation sites is 2. The zero-order chi connectivity index (χ0) is 28.5. The van der Waals surface area contributed by atoms with Crippen LogP contribution in [0.3, 0.4) is 0 Å². The van der Waals surface area contributed by atoms with E-state index in [0.717, 1.165) is 12.8 Å². The highest BCUT2D eigenvalue weighted by Gasteiger charge is 2.33. The molecule has 2 amide bonds. The van der Waals surface area contributed by atoms with Gasteiger partial charge in [-0.15, -0.1) is 0 Å². The molecule has 5 heterocycles. The zero-order valence-electron chi connectivity index (χ0n) is 23.0. The number of imidazole rings is 1. The maximum atomic E-state index is 14.1. The highest BCUT2D eigenvalue weighted by atomic mass is 19.3. The van der Waals surface area contributed by atoms with Gasteiger partial charge in [0, 0.05) is 58.7 Å². The second-order valence-corrected chi connectivity index (χ2v) is 10.9. The number of nitrogens with zero attached hydrogens (tertiary/aromatic N) is 7. The first kappa shape index (κ1) is 27.3. The van der Waals surface area contributed by atoms with E-state index in [1.165, 1.54) is 4.57 Å². The Bertz CT molecular complexity index is 1410. The molecule has 0 spiro atoms. The Morgan fingerprint density at radius 2 is 1.76 bits per heavy atom. The summed E-state index contributed by atoms with van der Waals surface area (Å²) in [6, 6.07) is 8.64. The summed E-state index contributed by atoms with van der Waals surface area (Å²) < 4.78 is 35.1. The number of carbonyl (C=O) groups excluding carboxylic acids is 2. The number of amides is 2. The van der Waals surface area contributed by atoms with E-state index < -0.39 is 6.43 Å². The topological polar surface area (TPSA) is 109 Å². The fourth-order valence-electron chi connectivity index (χ4n) is 5.76. The van der Waals surface area contributed by atoms with Crippen molar-refractivity contribution < 1.29 is 23.1 Å². The van der Waals surface area contributed by atoms with E-state index in [1.807, 2.05) is 14.7 Å². The number of carbonyl (C=O) groups is 2. The fraction of sp³-hybridized carbons (Fsp3) is 0.536. The molecule has 3 aliphatic rings. The Labute approximate surface area is 236 Å². The molecule has 0 saturated carbocycles. The van der Waals surface area contributed by atoms with Crippen molar-refractivity contribution >= 4 is 34.6 Å². The van der Waals surface area contributed by atoms with Crippen LogP contribution in [0.25, 0.3) is 16.9 Å². The highest BCUT2D eigenvalue weighted by molar-refractivity contribution is 5.79. The molecule has 13 heteroatoms. The van der Waals surface area contributed by atoms with Crippen LogP contribution in [0.15, 0.2) is 30.3 Å². The number of anilines is 2. The number of likely N-dealkylation sites (tertiary alicyclic amines) is 2. The molecule has 3 aromatic rings. The first-order chi connectivity index (χ1) is 19.9. The minimum absolute atomic E-state index is 0.0205. The van der Waals surface area contributed by atoms with Crippen LogP contribution in [0.2, 0.25) is 0 Å². The summed E-state index contributed by atoms with van der Waals surface area (Å²) in [6.45, 7) is 6.30. The second-order valence-electron chi connectivity index (χ2n) is 10.9. The van der Waals surface area contributed by atoms with Crippen molar-refractivity contribution in [3.05, 3.63) is 36.2 Å². The summed E-state index contributed by atoms with van der Waals surface area (Å²) in [6.07, 6.45) is -0.611. The van der Waals surface area contributed by atoms with Crippen LogP contribution in [0.4, 0.5) is 20.5 Å². The van der Waals surface area contributed by atoms with E-state index >= 15 is 0 Å². The lowest BCUT2D eigenvalue weighted by Crippen LogP contribution is -2.57. The number of halogens is 2. The van der Waals surface area contributed by atoms with Crippen LogP contribution in [-0.4, -0.2) is 99.7 Å². The van der Waals surface area contributed by atoms with Gasteiger partial charge in [-0.2, -0.15) is 9.97 Å². The number of benzene rings is 1. The van der Waals surface area contributed by atoms with Crippen LogP contribution in [-0.2, 0) is 14.3 Å². The van der Waals surface area contributed by atoms with E-state index in [-0.39, 0.29) is 23.7 Å². The molecule has 0 aliphatic carbocycles. The van der Waals surface area contributed by atoms with Crippen molar-refractivity contribution in [1.29, 1.82) is 0 Å². The quantitative estimate of drug-likeness (QED) is 0.464. The molecule has 0 radical (unpaired) electrons. The van der Waals surface area contributed by atoms with Crippen LogP contribution < -0.4 is 10.2 Å². The Morgan fingerprint density at radius 1 is 1.02 bits per heavy atom. The fourth-order valence-corrected chi connectivity index (χ4v) is 5.76. The summed E-state index contributed by atoms with van der Waals surface area (Å²) in [5, 5.41) is 3.40. The number of rotatable bonds is 7. The van der Waals surface area contributed by atoms with Crippen molar-refractivity contribution in [2.45, 2.75) is 38.7 Å². The number of alkyl halides is 2. The van der Waals surface area contributed by atoms with E-state index in [2.05, 4.69) is 15.3 Å². The van der Waals surface area contributed by atoms with E-state index in [0.29, 0.717) is 93.4 Å². The Morgan fingerprint density at radius 3 is 2.46 bits per heavy atom. The Hall–Kier alpha value is -3.87. The maximum absolute atomic E-state index is 14.1. The third-order valence-corrected chi connectivity index (χ3v) is 8.12. The van der Waals surface area contributed by atoms with Crippen molar-refractivity contribution in [1.82, 2.24) is 29.3 Å². The van der Waals surface area contributed by atoms with Crippen molar-refractivity contribution in [3.8, 4) is 5.82 Å². The summed E-state index contributed by atoms with van der Waals surface area (Å²) >= 11 is 0. The minimum atomic E-state index is -2.79. The number of fused-ring (bicyclic) bond motifs is 1. The van der Waals surface area contributed by atoms with Gasteiger partial charge < -0.3 is 24.8 Å². The summed E-state index contributed by atoms with van der Waals surface area (Å²) in [7, 11) is 0. The number of nitrogens with one attached hydrogen (secondary N) is 1. The number of hydrogen-bond acceptors (Lipinski definition) is 8. The van der Waals surface area contributed by atoms with Crippen molar-refractivity contribution in [2.75, 3.05) is 62.7 Å². The Kier molecular flexibility index (Phi) is 7.69. The number of ether oxygens (including phenoxy) is 1. The monoisotopic (exact) mass is 568 g/mol. The average Bonchev–Trinajstić information content (AvgIpc) is 3.35. The molecule has 0 bridgehead atoms. The van der Waals surface area contributed by atoms with E-state index in [9.17, 15) is 18.4 Å². The molecule has 11 nitrogen and oxygen atoms in total. The lowest BCUT2D eigenvalue weighted by molar-refractivity contribution is -0.136. The normalized spacial score (nSPS) is 18.7. The van der Waals surface area contributed by atoms with Gasteiger partial charge in [-0.1, -0.05) is 12.1 Å². The summed E-state index contributed by atoms with van der Waals surface area (Å²) in [5.41, 5.74) is 0.999. The standard InChI is InChI=1S/C28H34F2N8O3/c1-18(39)35-8-6-19(7-9-35)14-25(40)37-16-20(17-37)31-23-15-24(34-28(33-23)36-10-12-41-13-11-36)38-22-5-3-2-4-21(22)32-27(38)26(29)30/h2-5,15,19-20,26H,6-14,16-17H2,1H3,(H,31,33,34). The molecular formula is C28H34F2N8O3. The van der Waals surface area contributed by atoms with Gasteiger partial charge in [0.2, 0.25) is 17.8 Å². The summed E-state index contributed by atoms with van der Waals surface area (Å²) in [4.78, 5) is 43.7. The van der Waals surface area contributed by atoms with Gasteiger partial charge in [-0.05, 0) is 30.9 Å². The van der Waals surface area contributed by atoms with Gasteiger partial charge in [-0.3, -0.25) is 14.2 Å². The second kappa shape index (κ2) is 11.6. The molecule has 3 fully saturated rings. The number of piperidine rings is 1. The molecule has 3 aliphatic heterocycles. The molecule has 1 aromatic carbocycles. The first-order valence-corrected chi connectivity index (χ1v) is 14.1. The largest absolute Gasteiger partial charge is 0.378 e. The number of hydrogen-bond donors (Lipinski definition) is 1. The van der Waals surface area contributed by atoms with Gasteiger partial charge in [-0.25, -0.2) is 13.8 Å². The molecule has 6 rings (SSSR count). The lowest BCUT2D eigenvalue weighted by atomic mass is 9.92. The van der Waals surface area contributed by atoms with Gasteiger partial charge in [0.15, 0.2) is 5.82 Å². The van der Waals surface area contributed by atoms with Crippen molar-refractivity contribution in [3.63, 3.8) is 0 Å². The van der Waals surface area contributed by atoms with Gasteiger partial charge in [0.25, 0.3) is 6.43 Å². The van der Waals surface area contributed by atoms with Crippen molar-refractivity contribution in [2.24, 2.45) is 5.92 Å². The molecule has 1 N–H and O–H groups in total. The van der Waals surface area contributed by atoms with Crippen LogP contribution in [0.1, 0.15) is 38.4 Å². The predicted molar refractivity (Wildman–Crippen MR) is 148 cm³/mol. The number of aromatic nitrogens is 4. The highest BCUT2D eigenvalue weighted by Crippen LogP contribution is 2.30. The smallest absolute Gasteiger partial charge is 0.296 e. The SMILES string of the molecule is CC(=O)N1CCC(CC(=O)N2CC(Nc3cc(-n4c(C(F)F)nc5ccccc54)nc(N4CCOCC4)n3)C2)CC1. The minimum Gasteiger partial charge on any atom is -0.378 e. The van der Waals surface area contributed by atoms with E-state index in [4.69, 9.17) is 9.72 Å².